The van der Waals surface area contributed by atoms with Gasteiger partial charge < -0.3 is 14.0 Å². The van der Waals surface area contributed by atoms with E-state index in [2.05, 4.69) is 25.4 Å². The van der Waals surface area contributed by atoms with Crippen LogP contribution in [0, 0.1) is 0 Å². The number of pyridine rings is 1. The number of ether oxygens (including phenoxy) is 1. The SMILES string of the molecule is COCCN1CCN(c2cn3ccccc3n2)CC1. The van der Waals surface area contributed by atoms with E-state index < -0.39 is 0 Å². The van der Waals surface area contributed by atoms with Crippen molar-refractivity contribution in [1.29, 1.82) is 0 Å². The van der Waals surface area contributed by atoms with Crippen LogP contribution < -0.4 is 4.90 Å². The minimum absolute atomic E-state index is 0.814. The van der Waals surface area contributed by atoms with Gasteiger partial charge in [-0.3, -0.25) is 4.90 Å². The molecule has 3 rings (SSSR count). The topological polar surface area (TPSA) is 33.0 Å². The number of methoxy groups -OCH3 is 1. The van der Waals surface area contributed by atoms with Crippen molar-refractivity contribution in [2.45, 2.75) is 0 Å². The number of nitrogens with zero attached hydrogens (tertiary/aromatic N) is 4. The van der Waals surface area contributed by atoms with Crippen molar-refractivity contribution in [1.82, 2.24) is 14.3 Å². The van der Waals surface area contributed by atoms with Gasteiger partial charge in [-0.15, -0.1) is 0 Å². The fourth-order valence-electron chi connectivity index (χ4n) is 2.49. The van der Waals surface area contributed by atoms with Gasteiger partial charge >= 0.3 is 0 Å². The van der Waals surface area contributed by atoms with Gasteiger partial charge in [0, 0.05) is 46.0 Å². The lowest BCUT2D eigenvalue weighted by molar-refractivity contribution is 0.144. The van der Waals surface area contributed by atoms with Gasteiger partial charge in [0.1, 0.15) is 11.5 Å². The number of anilines is 1. The number of imidazole rings is 1. The van der Waals surface area contributed by atoms with Gasteiger partial charge in [-0.1, -0.05) is 6.07 Å². The molecule has 2 aromatic heterocycles. The highest BCUT2D eigenvalue weighted by atomic mass is 16.5. The van der Waals surface area contributed by atoms with E-state index in [1.165, 1.54) is 0 Å². The number of fused-ring (bicyclic) bond motifs is 1. The van der Waals surface area contributed by atoms with E-state index in [0.717, 1.165) is 50.8 Å². The summed E-state index contributed by atoms with van der Waals surface area (Å²) >= 11 is 0. The highest BCUT2D eigenvalue weighted by molar-refractivity contribution is 5.50. The Morgan fingerprint density at radius 2 is 2.05 bits per heavy atom. The van der Waals surface area contributed by atoms with Gasteiger partial charge in [0.15, 0.2) is 0 Å². The average molecular weight is 260 g/mol. The summed E-state index contributed by atoms with van der Waals surface area (Å²) in [5.41, 5.74) is 1.01. The van der Waals surface area contributed by atoms with Crippen molar-refractivity contribution in [3.8, 4) is 0 Å². The molecule has 5 nitrogen and oxygen atoms in total. The highest BCUT2D eigenvalue weighted by Gasteiger charge is 2.18. The van der Waals surface area contributed by atoms with Crippen molar-refractivity contribution < 1.29 is 4.74 Å². The molecule has 0 amide bonds. The Labute approximate surface area is 113 Å². The van der Waals surface area contributed by atoms with Crippen LogP contribution >= 0.6 is 0 Å². The van der Waals surface area contributed by atoms with Gasteiger partial charge in [-0.05, 0) is 12.1 Å². The average Bonchev–Trinajstić information content (AvgIpc) is 2.89. The molecule has 1 saturated heterocycles. The molecule has 0 saturated carbocycles. The first-order valence-corrected chi connectivity index (χ1v) is 6.77. The van der Waals surface area contributed by atoms with Crippen LogP contribution in [0.2, 0.25) is 0 Å². The molecule has 0 aliphatic carbocycles. The van der Waals surface area contributed by atoms with Gasteiger partial charge in [-0.2, -0.15) is 0 Å². The Hall–Kier alpha value is -1.59. The predicted molar refractivity (Wildman–Crippen MR) is 75.7 cm³/mol. The second kappa shape index (κ2) is 5.59. The zero-order chi connectivity index (χ0) is 13.1. The third kappa shape index (κ3) is 2.72. The summed E-state index contributed by atoms with van der Waals surface area (Å²) < 4.78 is 7.20. The van der Waals surface area contributed by atoms with Gasteiger partial charge in [-0.25, -0.2) is 4.98 Å². The summed E-state index contributed by atoms with van der Waals surface area (Å²) in [7, 11) is 1.76. The van der Waals surface area contributed by atoms with E-state index in [1.54, 1.807) is 7.11 Å². The highest BCUT2D eigenvalue weighted by Crippen LogP contribution is 2.16. The van der Waals surface area contributed by atoms with Gasteiger partial charge in [0.2, 0.25) is 0 Å². The van der Waals surface area contributed by atoms with Crippen molar-refractivity contribution in [2.24, 2.45) is 0 Å². The van der Waals surface area contributed by atoms with Crippen LogP contribution in [0.3, 0.4) is 0 Å². The molecule has 1 aliphatic rings. The molecule has 3 heterocycles. The van der Waals surface area contributed by atoms with E-state index in [9.17, 15) is 0 Å². The molecule has 5 heteroatoms. The Bertz CT molecular complexity index is 498. The van der Waals surface area contributed by atoms with Crippen LogP contribution in [-0.2, 0) is 4.74 Å². The lowest BCUT2D eigenvalue weighted by Crippen LogP contribution is -2.47. The summed E-state index contributed by atoms with van der Waals surface area (Å²) in [4.78, 5) is 9.47. The molecule has 19 heavy (non-hydrogen) atoms. The van der Waals surface area contributed by atoms with Crippen LogP contribution in [0.1, 0.15) is 0 Å². The molecule has 1 aliphatic heterocycles. The minimum Gasteiger partial charge on any atom is -0.383 e. The maximum absolute atomic E-state index is 5.12. The third-order valence-corrected chi connectivity index (χ3v) is 3.66. The normalized spacial score (nSPS) is 17.2. The molecular weight excluding hydrogens is 240 g/mol. The number of rotatable bonds is 4. The lowest BCUT2D eigenvalue weighted by Gasteiger charge is -2.34. The molecule has 1 fully saturated rings. The molecule has 0 radical (unpaired) electrons. The summed E-state index contributed by atoms with van der Waals surface area (Å²) in [5.74, 6) is 1.08. The fourth-order valence-corrected chi connectivity index (χ4v) is 2.49. The smallest absolute Gasteiger partial charge is 0.147 e. The molecule has 0 aromatic carbocycles. The van der Waals surface area contributed by atoms with Crippen molar-refractivity contribution in [3.63, 3.8) is 0 Å². The van der Waals surface area contributed by atoms with E-state index >= 15 is 0 Å². The molecular formula is C14H20N4O. The summed E-state index contributed by atoms with van der Waals surface area (Å²) in [6, 6.07) is 6.09. The molecule has 2 aromatic rings. The van der Waals surface area contributed by atoms with Crippen LogP contribution in [0.25, 0.3) is 5.65 Å². The zero-order valence-electron chi connectivity index (χ0n) is 11.3. The van der Waals surface area contributed by atoms with Crippen LogP contribution in [0.4, 0.5) is 5.82 Å². The molecule has 102 valence electrons. The first-order valence-electron chi connectivity index (χ1n) is 6.77. The van der Waals surface area contributed by atoms with Crippen molar-refractivity contribution >= 4 is 11.5 Å². The first-order chi connectivity index (χ1) is 9.36. The predicted octanol–water partition coefficient (Wildman–Crippen LogP) is 1.10. The van der Waals surface area contributed by atoms with Crippen molar-refractivity contribution in [2.75, 3.05) is 51.3 Å². The molecule has 0 bridgehead atoms. The molecule has 0 N–H and O–H groups in total. The maximum Gasteiger partial charge on any atom is 0.147 e. The van der Waals surface area contributed by atoms with E-state index in [-0.39, 0.29) is 0 Å². The van der Waals surface area contributed by atoms with Crippen LogP contribution in [0.15, 0.2) is 30.6 Å². The van der Waals surface area contributed by atoms with E-state index in [0.29, 0.717) is 0 Å². The van der Waals surface area contributed by atoms with Gasteiger partial charge in [0.05, 0.1) is 12.8 Å². The lowest BCUT2D eigenvalue weighted by atomic mass is 10.3. The Kier molecular flexibility index (Phi) is 3.66. The molecule has 0 spiro atoms. The summed E-state index contributed by atoms with van der Waals surface area (Å²) in [5, 5.41) is 0. The monoisotopic (exact) mass is 260 g/mol. The van der Waals surface area contributed by atoms with Crippen LogP contribution in [0.5, 0.6) is 0 Å². The summed E-state index contributed by atoms with van der Waals surface area (Å²) in [6.45, 7) is 6.07. The Morgan fingerprint density at radius 3 is 2.79 bits per heavy atom. The molecule has 0 unspecified atom stereocenters. The first kappa shape index (κ1) is 12.4. The van der Waals surface area contributed by atoms with E-state index in [1.807, 2.05) is 24.4 Å². The summed E-state index contributed by atoms with van der Waals surface area (Å²) in [6.07, 6.45) is 4.15. The zero-order valence-corrected chi connectivity index (χ0v) is 11.3. The fraction of sp³-hybridized carbons (Fsp3) is 0.500. The maximum atomic E-state index is 5.12. The van der Waals surface area contributed by atoms with Crippen molar-refractivity contribution in [3.05, 3.63) is 30.6 Å². The molecule has 0 atom stereocenters. The Morgan fingerprint density at radius 1 is 1.21 bits per heavy atom. The van der Waals surface area contributed by atoms with Gasteiger partial charge in [0.25, 0.3) is 0 Å². The third-order valence-electron chi connectivity index (χ3n) is 3.66. The second-order valence-electron chi connectivity index (χ2n) is 4.89. The van der Waals surface area contributed by atoms with E-state index in [4.69, 9.17) is 4.74 Å². The second-order valence-corrected chi connectivity index (χ2v) is 4.89. The largest absolute Gasteiger partial charge is 0.383 e. The van der Waals surface area contributed by atoms with Crippen LogP contribution in [-0.4, -0.2) is 60.7 Å². The number of hydrogen-bond acceptors (Lipinski definition) is 4. The number of hydrogen-bond donors (Lipinski definition) is 0. The number of piperazine rings is 1. The Balaban J connectivity index is 1.64. The number of aromatic nitrogens is 2. The standard InChI is InChI=1S/C14H20N4O/c1-19-11-10-16-6-8-17(9-7-16)14-12-18-5-3-2-4-13(18)15-14/h2-5,12H,6-11H2,1H3. The minimum atomic E-state index is 0.814. The quantitative estimate of drug-likeness (QED) is 0.824.